The summed E-state index contributed by atoms with van der Waals surface area (Å²) >= 11 is 0. The van der Waals surface area contributed by atoms with Crippen LogP contribution in [0, 0.1) is 5.92 Å². The Hall–Kier alpha value is -1.39. The smallest absolute Gasteiger partial charge is 0.228 e. The summed E-state index contributed by atoms with van der Waals surface area (Å²) in [6.45, 7) is 2.37. The Morgan fingerprint density at radius 2 is 2.44 bits per heavy atom. The quantitative estimate of drug-likeness (QED) is 0.854. The van der Waals surface area contributed by atoms with E-state index in [9.17, 15) is 4.79 Å². The third-order valence-corrected chi connectivity index (χ3v) is 3.17. The number of anilines is 1. The predicted octanol–water partition coefficient (Wildman–Crippen LogP) is 1.77. The van der Waals surface area contributed by atoms with E-state index in [4.69, 9.17) is 4.74 Å². The number of carbonyl (C=O) groups excluding carboxylic acids is 1. The van der Waals surface area contributed by atoms with Crippen molar-refractivity contribution in [3.05, 3.63) is 29.8 Å². The van der Waals surface area contributed by atoms with Crippen LogP contribution in [0.3, 0.4) is 0 Å². The number of ether oxygens (including phenoxy) is 1. The van der Waals surface area contributed by atoms with Gasteiger partial charge < -0.3 is 15.4 Å². The van der Waals surface area contributed by atoms with Crippen LogP contribution in [0.1, 0.15) is 18.4 Å². The molecule has 1 amide bonds. The average Bonchev–Trinajstić information content (AvgIpc) is 2.40. The molecule has 0 bridgehead atoms. The zero-order valence-corrected chi connectivity index (χ0v) is 10.7. The number of hydrogen-bond acceptors (Lipinski definition) is 3. The highest BCUT2D eigenvalue weighted by Crippen LogP contribution is 2.15. The minimum Gasteiger partial charge on any atom is -0.380 e. The van der Waals surface area contributed by atoms with E-state index in [1.807, 2.05) is 24.3 Å². The summed E-state index contributed by atoms with van der Waals surface area (Å²) in [5, 5.41) is 6.23. The van der Waals surface area contributed by atoms with Gasteiger partial charge in [-0.2, -0.15) is 0 Å². The summed E-state index contributed by atoms with van der Waals surface area (Å²) in [5.74, 6) is 0.196. The third kappa shape index (κ3) is 3.55. The molecule has 1 fully saturated rings. The van der Waals surface area contributed by atoms with Crippen LogP contribution in [0.4, 0.5) is 5.69 Å². The lowest BCUT2D eigenvalue weighted by atomic mass is 9.99. The van der Waals surface area contributed by atoms with Crippen LogP contribution < -0.4 is 10.6 Å². The van der Waals surface area contributed by atoms with Crippen molar-refractivity contribution >= 4 is 11.6 Å². The van der Waals surface area contributed by atoms with Crippen LogP contribution in [0.25, 0.3) is 0 Å². The fourth-order valence-corrected chi connectivity index (χ4v) is 2.23. The summed E-state index contributed by atoms with van der Waals surface area (Å²) in [6, 6.07) is 7.79. The fourth-order valence-electron chi connectivity index (χ4n) is 2.23. The van der Waals surface area contributed by atoms with Gasteiger partial charge in [0.2, 0.25) is 5.91 Å². The van der Waals surface area contributed by atoms with Gasteiger partial charge in [-0.1, -0.05) is 12.1 Å². The second kappa shape index (κ2) is 6.52. The molecule has 1 saturated heterocycles. The van der Waals surface area contributed by atoms with E-state index in [0.29, 0.717) is 6.61 Å². The van der Waals surface area contributed by atoms with Crippen LogP contribution in [0.2, 0.25) is 0 Å². The van der Waals surface area contributed by atoms with Crippen molar-refractivity contribution < 1.29 is 9.53 Å². The van der Waals surface area contributed by atoms with Gasteiger partial charge in [-0.15, -0.1) is 0 Å². The molecule has 1 aromatic carbocycles. The molecule has 0 aliphatic carbocycles. The van der Waals surface area contributed by atoms with Gasteiger partial charge in [-0.05, 0) is 37.1 Å². The van der Waals surface area contributed by atoms with Crippen molar-refractivity contribution in [1.29, 1.82) is 0 Å². The topological polar surface area (TPSA) is 50.4 Å². The summed E-state index contributed by atoms with van der Waals surface area (Å²) in [6.07, 6.45) is 2.04. The molecule has 1 atom stereocenters. The number of rotatable bonds is 4. The summed E-state index contributed by atoms with van der Waals surface area (Å²) in [5.41, 5.74) is 1.91. The first kappa shape index (κ1) is 13.1. The third-order valence-electron chi connectivity index (χ3n) is 3.17. The van der Waals surface area contributed by atoms with Crippen LogP contribution >= 0.6 is 0 Å². The summed E-state index contributed by atoms with van der Waals surface area (Å²) in [4.78, 5) is 12.1. The Kier molecular flexibility index (Phi) is 4.73. The molecule has 1 heterocycles. The number of hydrogen-bond donors (Lipinski definition) is 2. The van der Waals surface area contributed by atoms with E-state index < -0.39 is 0 Å². The Labute approximate surface area is 108 Å². The van der Waals surface area contributed by atoms with E-state index in [0.717, 1.165) is 37.2 Å². The summed E-state index contributed by atoms with van der Waals surface area (Å²) < 4.78 is 5.08. The van der Waals surface area contributed by atoms with Gasteiger partial charge in [0, 0.05) is 19.3 Å². The van der Waals surface area contributed by atoms with Gasteiger partial charge in [0.15, 0.2) is 0 Å². The van der Waals surface area contributed by atoms with E-state index in [1.54, 1.807) is 7.11 Å². The standard InChI is InChI=1S/C14H20N2O2/c1-18-10-11-4-2-6-13(8-11)16-14(17)12-5-3-7-15-9-12/h2,4,6,8,12,15H,3,5,7,9-10H2,1H3,(H,16,17)/t12-/m1/s1. The molecule has 0 aromatic heterocycles. The van der Waals surface area contributed by atoms with E-state index in [2.05, 4.69) is 10.6 Å². The largest absolute Gasteiger partial charge is 0.380 e. The molecule has 2 N–H and O–H groups in total. The Bertz CT molecular complexity index is 401. The van der Waals surface area contributed by atoms with Gasteiger partial charge in [-0.3, -0.25) is 4.79 Å². The lowest BCUT2D eigenvalue weighted by molar-refractivity contribution is -0.120. The van der Waals surface area contributed by atoms with Crippen molar-refractivity contribution in [1.82, 2.24) is 5.32 Å². The summed E-state index contributed by atoms with van der Waals surface area (Å²) in [7, 11) is 1.67. The van der Waals surface area contributed by atoms with Gasteiger partial charge >= 0.3 is 0 Å². The number of piperidine rings is 1. The first-order valence-electron chi connectivity index (χ1n) is 6.39. The molecule has 4 nitrogen and oxygen atoms in total. The van der Waals surface area contributed by atoms with Gasteiger partial charge in [0.1, 0.15) is 0 Å². The molecule has 4 heteroatoms. The van der Waals surface area contributed by atoms with Gasteiger partial charge in [0.05, 0.1) is 12.5 Å². The van der Waals surface area contributed by atoms with Crippen molar-refractivity contribution in [3.63, 3.8) is 0 Å². The van der Waals surface area contributed by atoms with E-state index in [-0.39, 0.29) is 11.8 Å². The van der Waals surface area contributed by atoms with Crippen LogP contribution in [0.5, 0.6) is 0 Å². The normalized spacial score (nSPS) is 19.5. The van der Waals surface area contributed by atoms with E-state index in [1.165, 1.54) is 0 Å². The highest BCUT2D eigenvalue weighted by atomic mass is 16.5. The van der Waals surface area contributed by atoms with Crippen molar-refractivity contribution in [3.8, 4) is 0 Å². The Morgan fingerprint density at radius 1 is 1.56 bits per heavy atom. The Morgan fingerprint density at radius 3 is 3.17 bits per heavy atom. The maximum atomic E-state index is 12.1. The lowest BCUT2D eigenvalue weighted by Gasteiger charge is -2.22. The molecule has 0 radical (unpaired) electrons. The molecule has 0 unspecified atom stereocenters. The van der Waals surface area contributed by atoms with E-state index >= 15 is 0 Å². The molecular formula is C14H20N2O2. The minimum absolute atomic E-state index is 0.0878. The minimum atomic E-state index is 0.0878. The molecule has 2 rings (SSSR count). The number of methoxy groups -OCH3 is 1. The SMILES string of the molecule is COCc1cccc(NC(=O)[C@@H]2CCCNC2)c1. The highest BCUT2D eigenvalue weighted by Gasteiger charge is 2.20. The second-order valence-corrected chi connectivity index (χ2v) is 4.67. The lowest BCUT2D eigenvalue weighted by Crippen LogP contribution is -2.37. The molecule has 18 heavy (non-hydrogen) atoms. The van der Waals surface area contributed by atoms with Crippen LogP contribution in [0.15, 0.2) is 24.3 Å². The molecule has 0 saturated carbocycles. The maximum absolute atomic E-state index is 12.1. The molecule has 1 aliphatic heterocycles. The second-order valence-electron chi connectivity index (χ2n) is 4.67. The number of carbonyl (C=O) groups is 1. The van der Waals surface area contributed by atoms with Gasteiger partial charge in [0.25, 0.3) is 0 Å². The zero-order chi connectivity index (χ0) is 12.8. The molecular weight excluding hydrogens is 228 g/mol. The van der Waals surface area contributed by atoms with Crippen molar-refractivity contribution in [2.24, 2.45) is 5.92 Å². The first-order chi connectivity index (χ1) is 8.79. The number of nitrogens with one attached hydrogen (secondary N) is 2. The van der Waals surface area contributed by atoms with Crippen molar-refractivity contribution in [2.75, 3.05) is 25.5 Å². The molecule has 1 aliphatic rings. The first-order valence-corrected chi connectivity index (χ1v) is 6.39. The predicted molar refractivity (Wildman–Crippen MR) is 71.4 cm³/mol. The maximum Gasteiger partial charge on any atom is 0.228 e. The average molecular weight is 248 g/mol. The van der Waals surface area contributed by atoms with Crippen molar-refractivity contribution in [2.45, 2.75) is 19.4 Å². The monoisotopic (exact) mass is 248 g/mol. The highest BCUT2D eigenvalue weighted by molar-refractivity contribution is 5.92. The fraction of sp³-hybridized carbons (Fsp3) is 0.500. The van der Waals surface area contributed by atoms with Crippen LogP contribution in [-0.2, 0) is 16.1 Å². The number of amides is 1. The number of benzene rings is 1. The molecule has 0 spiro atoms. The zero-order valence-electron chi connectivity index (χ0n) is 10.7. The molecule has 98 valence electrons. The Balaban J connectivity index is 1.95. The molecule has 1 aromatic rings. The van der Waals surface area contributed by atoms with Crippen LogP contribution in [-0.4, -0.2) is 26.1 Å². The van der Waals surface area contributed by atoms with Gasteiger partial charge in [-0.25, -0.2) is 0 Å².